The van der Waals surface area contributed by atoms with E-state index in [4.69, 9.17) is 0 Å². The fraction of sp³-hybridized carbons (Fsp3) is 0.261. The van der Waals surface area contributed by atoms with Gasteiger partial charge in [-0.05, 0) is 35.1 Å². The molecule has 0 aliphatic heterocycles. The van der Waals surface area contributed by atoms with Crippen molar-refractivity contribution in [2.75, 3.05) is 17.2 Å². The Kier molecular flexibility index (Phi) is 6.04. The van der Waals surface area contributed by atoms with Crippen molar-refractivity contribution in [3.63, 3.8) is 0 Å². The number of benzene rings is 2. The van der Waals surface area contributed by atoms with Crippen LogP contribution >= 0.6 is 0 Å². The van der Waals surface area contributed by atoms with Gasteiger partial charge in [0, 0.05) is 18.3 Å². The van der Waals surface area contributed by atoms with E-state index in [9.17, 15) is 4.79 Å². The van der Waals surface area contributed by atoms with Crippen LogP contribution in [0.4, 0.5) is 11.5 Å². The summed E-state index contributed by atoms with van der Waals surface area (Å²) in [4.78, 5) is 20.8. The second kappa shape index (κ2) is 8.65. The van der Waals surface area contributed by atoms with Gasteiger partial charge < -0.3 is 10.6 Å². The van der Waals surface area contributed by atoms with Gasteiger partial charge >= 0.3 is 0 Å². The molecule has 0 spiro atoms. The molecule has 1 amide bonds. The maximum Gasteiger partial charge on any atom is 0.274 e. The molecule has 3 rings (SSSR count). The molecule has 144 valence electrons. The fourth-order valence-corrected chi connectivity index (χ4v) is 2.81. The van der Waals surface area contributed by atoms with Crippen LogP contribution in [-0.2, 0) is 11.8 Å². The van der Waals surface area contributed by atoms with E-state index in [1.165, 1.54) is 17.5 Å². The van der Waals surface area contributed by atoms with Gasteiger partial charge in [-0.25, -0.2) is 9.97 Å². The first kappa shape index (κ1) is 19.5. The zero-order valence-electron chi connectivity index (χ0n) is 16.6. The Hall–Kier alpha value is -3.21. The highest BCUT2D eigenvalue weighted by Crippen LogP contribution is 2.23. The van der Waals surface area contributed by atoms with Gasteiger partial charge in [0.25, 0.3) is 5.91 Å². The zero-order chi connectivity index (χ0) is 20.0. The van der Waals surface area contributed by atoms with Crippen molar-refractivity contribution in [3.8, 4) is 0 Å². The summed E-state index contributed by atoms with van der Waals surface area (Å²) >= 11 is 0. The molecule has 0 saturated heterocycles. The van der Waals surface area contributed by atoms with Crippen LogP contribution in [0.3, 0.4) is 0 Å². The summed E-state index contributed by atoms with van der Waals surface area (Å²) in [6, 6.07) is 19.8. The van der Waals surface area contributed by atoms with E-state index >= 15 is 0 Å². The van der Waals surface area contributed by atoms with Crippen molar-refractivity contribution in [1.29, 1.82) is 0 Å². The summed E-state index contributed by atoms with van der Waals surface area (Å²) in [6.07, 6.45) is 2.29. The first-order chi connectivity index (χ1) is 13.4. The summed E-state index contributed by atoms with van der Waals surface area (Å²) in [5.41, 5.74) is 3.63. The van der Waals surface area contributed by atoms with Gasteiger partial charge in [-0.15, -0.1) is 0 Å². The molecule has 0 bridgehead atoms. The Morgan fingerprint density at radius 1 is 0.964 bits per heavy atom. The Labute approximate surface area is 166 Å². The van der Waals surface area contributed by atoms with Crippen LogP contribution in [0, 0.1) is 0 Å². The number of carbonyl (C=O) groups is 1. The average molecular weight is 374 g/mol. The van der Waals surface area contributed by atoms with Crippen molar-refractivity contribution in [3.05, 3.63) is 83.8 Å². The molecule has 28 heavy (non-hydrogen) atoms. The van der Waals surface area contributed by atoms with Gasteiger partial charge in [-0.3, -0.25) is 4.79 Å². The number of hydrogen-bond donors (Lipinski definition) is 2. The summed E-state index contributed by atoms with van der Waals surface area (Å²) in [7, 11) is 0. The molecule has 1 heterocycles. The number of rotatable bonds is 6. The van der Waals surface area contributed by atoms with Crippen LogP contribution in [0.25, 0.3) is 0 Å². The second-order valence-corrected chi connectivity index (χ2v) is 7.73. The lowest BCUT2D eigenvalue weighted by Crippen LogP contribution is -2.16. The van der Waals surface area contributed by atoms with E-state index in [2.05, 4.69) is 53.5 Å². The predicted octanol–water partition coefficient (Wildman–Crippen LogP) is 4.68. The number of nitrogens with zero attached hydrogens (tertiary/aromatic N) is 2. The first-order valence-corrected chi connectivity index (χ1v) is 9.43. The Morgan fingerprint density at radius 2 is 1.68 bits per heavy atom. The van der Waals surface area contributed by atoms with Crippen LogP contribution in [0.15, 0.2) is 67.0 Å². The number of aromatic nitrogens is 2. The smallest absolute Gasteiger partial charge is 0.274 e. The lowest BCUT2D eigenvalue weighted by Gasteiger charge is -2.19. The minimum absolute atomic E-state index is 0.0789. The van der Waals surface area contributed by atoms with Gasteiger partial charge in [0.1, 0.15) is 17.8 Å². The van der Waals surface area contributed by atoms with Gasteiger partial charge in [-0.1, -0.05) is 63.2 Å². The third-order valence-electron chi connectivity index (χ3n) is 4.47. The van der Waals surface area contributed by atoms with Crippen LogP contribution < -0.4 is 10.6 Å². The zero-order valence-corrected chi connectivity index (χ0v) is 16.6. The van der Waals surface area contributed by atoms with Crippen molar-refractivity contribution in [2.45, 2.75) is 32.6 Å². The van der Waals surface area contributed by atoms with Gasteiger partial charge in [0.05, 0.1) is 0 Å². The number of anilines is 2. The van der Waals surface area contributed by atoms with Crippen LogP contribution in [0.1, 0.15) is 42.4 Å². The number of nitrogens with one attached hydrogen (secondary N) is 2. The van der Waals surface area contributed by atoms with E-state index in [1.54, 1.807) is 6.07 Å². The molecule has 2 aromatic carbocycles. The summed E-state index contributed by atoms with van der Waals surface area (Å²) in [5, 5.41) is 6.13. The molecule has 3 aromatic rings. The van der Waals surface area contributed by atoms with E-state index in [0.29, 0.717) is 11.5 Å². The molecule has 1 aromatic heterocycles. The Morgan fingerprint density at radius 3 is 2.36 bits per heavy atom. The Bertz CT molecular complexity index is 915. The lowest BCUT2D eigenvalue weighted by molar-refractivity contribution is 0.102. The second-order valence-electron chi connectivity index (χ2n) is 7.73. The number of carbonyl (C=O) groups excluding carboxylic acids is 1. The van der Waals surface area contributed by atoms with Crippen molar-refractivity contribution < 1.29 is 4.79 Å². The topological polar surface area (TPSA) is 66.9 Å². The van der Waals surface area contributed by atoms with E-state index in [0.717, 1.165) is 18.7 Å². The average Bonchev–Trinajstić information content (AvgIpc) is 2.69. The highest BCUT2D eigenvalue weighted by molar-refractivity contribution is 6.03. The molecule has 0 atom stereocenters. The molecule has 0 fully saturated rings. The van der Waals surface area contributed by atoms with Gasteiger partial charge in [-0.2, -0.15) is 0 Å². The van der Waals surface area contributed by atoms with Crippen molar-refractivity contribution in [2.24, 2.45) is 0 Å². The predicted molar refractivity (Wildman–Crippen MR) is 114 cm³/mol. The first-order valence-electron chi connectivity index (χ1n) is 9.43. The maximum absolute atomic E-state index is 12.5. The Balaban J connectivity index is 1.59. The van der Waals surface area contributed by atoms with E-state index in [1.807, 2.05) is 42.5 Å². The standard InChI is InChI=1S/C23H26N4O/c1-23(2,3)18-9-11-19(12-10-18)27-22(28)20-15-21(26-16-25-20)24-14-13-17-7-5-4-6-8-17/h4-12,15-16H,13-14H2,1-3H3,(H,27,28)(H,24,25,26). The maximum atomic E-state index is 12.5. The molecule has 0 aliphatic carbocycles. The molecule has 0 aliphatic rings. The van der Waals surface area contributed by atoms with Gasteiger partial charge in [0.2, 0.25) is 0 Å². The highest BCUT2D eigenvalue weighted by atomic mass is 16.1. The van der Waals surface area contributed by atoms with Crippen molar-refractivity contribution >= 4 is 17.4 Å². The lowest BCUT2D eigenvalue weighted by atomic mass is 9.87. The SMILES string of the molecule is CC(C)(C)c1ccc(NC(=O)c2cc(NCCc3ccccc3)ncn2)cc1. The minimum Gasteiger partial charge on any atom is -0.370 e. The molecule has 2 N–H and O–H groups in total. The third-order valence-corrected chi connectivity index (χ3v) is 4.47. The van der Waals surface area contributed by atoms with Gasteiger partial charge in [0.15, 0.2) is 0 Å². The van der Waals surface area contributed by atoms with Crippen molar-refractivity contribution in [1.82, 2.24) is 9.97 Å². The molecule has 5 nitrogen and oxygen atoms in total. The van der Waals surface area contributed by atoms with Crippen LogP contribution in [-0.4, -0.2) is 22.4 Å². The monoisotopic (exact) mass is 374 g/mol. The molecule has 0 radical (unpaired) electrons. The normalized spacial score (nSPS) is 11.1. The van der Waals surface area contributed by atoms with E-state index < -0.39 is 0 Å². The number of amides is 1. The number of hydrogen-bond acceptors (Lipinski definition) is 4. The van der Waals surface area contributed by atoms with Crippen LogP contribution in [0.2, 0.25) is 0 Å². The highest BCUT2D eigenvalue weighted by Gasteiger charge is 2.14. The molecular weight excluding hydrogens is 348 g/mol. The summed E-state index contributed by atoms with van der Waals surface area (Å²) in [6.45, 7) is 7.21. The minimum atomic E-state index is -0.253. The third kappa shape index (κ3) is 5.39. The summed E-state index contributed by atoms with van der Waals surface area (Å²) in [5.74, 6) is 0.385. The fourth-order valence-electron chi connectivity index (χ4n) is 2.81. The van der Waals surface area contributed by atoms with Crippen LogP contribution in [0.5, 0.6) is 0 Å². The molecular formula is C23H26N4O. The molecule has 5 heteroatoms. The largest absolute Gasteiger partial charge is 0.370 e. The van der Waals surface area contributed by atoms with E-state index in [-0.39, 0.29) is 11.3 Å². The molecule has 0 unspecified atom stereocenters. The molecule has 0 saturated carbocycles. The quantitative estimate of drug-likeness (QED) is 0.657. The summed E-state index contributed by atoms with van der Waals surface area (Å²) < 4.78 is 0.